The Morgan fingerprint density at radius 1 is 0.973 bits per heavy atom. The molecule has 3 aromatic carbocycles. The number of benzene rings is 3. The first kappa shape index (κ1) is 25.9. The molecular formula is C30H34N4O3. The summed E-state index contributed by atoms with van der Waals surface area (Å²) < 4.78 is 0. The molecule has 0 aromatic heterocycles. The van der Waals surface area contributed by atoms with E-state index in [2.05, 4.69) is 18.8 Å². The number of phenolic OH excluding ortho intramolecular Hbond substituents is 1. The molecule has 192 valence electrons. The van der Waals surface area contributed by atoms with Crippen molar-refractivity contribution in [3.8, 4) is 16.9 Å². The number of hydrogen-bond acceptors (Lipinski definition) is 5. The van der Waals surface area contributed by atoms with Crippen LogP contribution in [0.1, 0.15) is 55.1 Å². The van der Waals surface area contributed by atoms with E-state index in [0.29, 0.717) is 24.2 Å². The molecule has 0 saturated carbocycles. The van der Waals surface area contributed by atoms with Crippen molar-refractivity contribution >= 4 is 17.8 Å². The number of nitrogens with zero attached hydrogens (tertiary/aromatic N) is 3. The van der Waals surface area contributed by atoms with Crippen LogP contribution < -0.4 is 5.73 Å². The summed E-state index contributed by atoms with van der Waals surface area (Å²) in [6.45, 7) is 7.52. The number of rotatable bonds is 9. The van der Waals surface area contributed by atoms with Gasteiger partial charge < -0.3 is 15.7 Å². The normalized spacial score (nSPS) is 17.1. The second-order valence-corrected chi connectivity index (χ2v) is 9.56. The monoisotopic (exact) mass is 498 g/mol. The molecule has 1 atom stereocenters. The van der Waals surface area contributed by atoms with Gasteiger partial charge in [0.1, 0.15) is 5.75 Å². The Bertz CT molecular complexity index is 1330. The molecule has 3 aromatic rings. The van der Waals surface area contributed by atoms with Gasteiger partial charge in [-0.05, 0) is 72.4 Å². The molecule has 1 unspecified atom stereocenters. The Balaban J connectivity index is 1.57. The summed E-state index contributed by atoms with van der Waals surface area (Å²) in [5, 5.41) is 9.87. The Labute approximate surface area is 218 Å². The quantitative estimate of drug-likeness (QED) is 0.439. The summed E-state index contributed by atoms with van der Waals surface area (Å²) in [4.78, 5) is 34.7. The maximum atomic E-state index is 13.7. The van der Waals surface area contributed by atoms with Crippen molar-refractivity contribution in [1.82, 2.24) is 9.80 Å². The fraction of sp³-hybridized carbons (Fsp3) is 0.300. The lowest BCUT2D eigenvalue weighted by atomic mass is 9.89. The van der Waals surface area contributed by atoms with Crippen molar-refractivity contribution in [2.24, 2.45) is 10.7 Å². The maximum Gasteiger partial charge on any atom is 0.261 e. The van der Waals surface area contributed by atoms with Gasteiger partial charge in [0.15, 0.2) is 11.5 Å². The number of aromatic hydroxyl groups is 1. The molecule has 0 radical (unpaired) electrons. The first-order valence-corrected chi connectivity index (χ1v) is 12.7. The number of hydrogen-bond donors (Lipinski definition) is 2. The van der Waals surface area contributed by atoms with Gasteiger partial charge >= 0.3 is 0 Å². The number of nitrogens with two attached hydrogens (primary N) is 1. The lowest BCUT2D eigenvalue weighted by Crippen LogP contribution is -2.41. The SMILES string of the molecule is CCCN(CCC)C(=O)c1cccc(CN2C(=O)C(C)(c3cccc(-c4cccc(O)c4)c3)N=C2N)c1. The number of amides is 2. The van der Waals surface area contributed by atoms with E-state index in [1.54, 1.807) is 25.1 Å². The molecule has 0 fully saturated rings. The second-order valence-electron chi connectivity index (χ2n) is 9.56. The van der Waals surface area contributed by atoms with E-state index in [9.17, 15) is 14.7 Å². The molecule has 2 amide bonds. The van der Waals surface area contributed by atoms with Crippen molar-refractivity contribution in [2.75, 3.05) is 13.1 Å². The summed E-state index contributed by atoms with van der Waals surface area (Å²) >= 11 is 0. The van der Waals surface area contributed by atoms with Gasteiger partial charge in [-0.1, -0.05) is 56.3 Å². The van der Waals surface area contributed by atoms with Gasteiger partial charge in [-0.3, -0.25) is 14.5 Å². The maximum absolute atomic E-state index is 13.7. The first-order chi connectivity index (χ1) is 17.8. The Hall–Kier alpha value is -4.13. The van der Waals surface area contributed by atoms with Crippen LogP contribution in [0.25, 0.3) is 11.1 Å². The van der Waals surface area contributed by atoms with Crippen LogP contribution in [0.4, 0.5) is 0 Å². The van der Waals surface area contributed by atoms with Crippen LogP contribution >= 0.6 is 0 Å². The van der Waals surface area contributed by atoms with E-state index >= 15 is 0 Å². The van der Waals surface area contributed by atoms with Crippen molar-refractivity contribution in [2.45, 2.75) is 45.7 Å². The zero-order chi connectivity index (χ0) is 26.6. The average molecular weight is 499 g/mol. The zero-order valence-corrected chi connectivity index (χ0v) is 21.6. The average Bonchev–Trinajstić information content (AvgIpc) is 3.12. The molecule has 4 rings (SSSR count). The second kappa shape index (κ2) is 10.9. The summed E-state index contributed by atoms with van der Waals surface area (Å²) in [5.41, 5.74) is 8.92. The van der Waals surface area contributed by atoms with Crippen molar-refractivity contribution in [3.05, 3.63) is 89.5 Å². The first-order valence-electron chi connectivity index (χ1n) is 12.7. The molecule has 0 spiro atoms. The van der Waals surface area contributed by atoms with Gasteiger partial charge in [0.25, 0.3) is 11.8 Å². The lowest BCUT2D eigenvalue weighted by molar-refractivity contribution is -0.131. The van der Waals surface area contributed by atoms with E-state index in [1.807, 2.05) is 59.5 Å². The topological polar surface area (TPSA) is 99.2 Å². The number of phenols is 1. The minimum absolute atomic E-state index is 0.00598. The van der Waals surface area contributed by atoms with Crippen molar-refractivity contribution in [1.29, 1.82) is 0 Å². The number of guanidine groups is 1. The third kappa shape index (κ3) is 5.35. The zero-order valence-electron chi connectivity index (χ0n) is 21.6. The highest BCUT2D eigenvalue weighted by atomic mass is 16.3. The predicted molar refractivity (Wildman–Crippen MR) is 146 cm³/mol. The molecule has 7 nitrogen and oxygen atoms in total. The predicted octanol–water partition coefficient (Wildman–Crippen LogP) is 4.89. The largest absolute Gasteiger partial charge is 0.508 e. The standard InChI is InChI=1S/C30H34N4O3/c1-4-15-33(16-5-2)27(36)24-12-6-9-21(17-24)20-34-28(37)30(3,32-29(34)31)25-13-7-10-22(18-25)23-11-8-14-26(35)19-23/h6-14,17-19,35H,4-5,15-16,20H2,1-3H3,(H2,31,32). The molecular weight excluding hydrogens is 464 g/mol. The Kier molecular flexibility index (Phi) is 7.62. The van der Waals surface area contributed by atoms with E-state index < -0.39 is 5.54 Å². The van der Waals surface area contributed by atoms with Crippen molar-refractivity contribution in [3.63, 3.8) is 0 Å². The third-order valence-corrected chi connectivity index (χ3v) is 6.67. The summed E-state index contributed by atoms with van der Waals surface area (Å²) in [7, 11) is 0. The van der Waals surface area contributed by atoms with E-state index in [4.69, 9.17) is 5.73 Å². The third-order valence-electron chi connectivity index (χ3n) is 6.67. The molecule has 7 heteroatoms. The van der Waals surface area contributed by atoms with Gasteiger partial charge in [-0.15, -0.1) is 0 Å². The van der Waals surface area contributed by atoms with Gasteiger partial charge in [0.2, 0.25) is 0 Å². The molecule has 1 heterocycles. The van der Waals surface area contributed by atoms with E-state index in [-0.39, 0.29) is 30.1 Å². The number of aliphatic imine (C=N–C) groups is 1. The fourth-order valence-electron chi connectivity index (χ4n) is 4.75. The molecule has 1 aliphatic heterocycles. The number of carbonyl (C=O) groups is 2. The highest BCUT2D eigenvalue weighted by Gasteiger charge is 2.45. The molecule has 0 bridgehead atoms. The Morgan fingerprint density at radius 3 is 2.30 bits per heavy atom. The Morgan fingerprint density at radius 2 is 1.62 bits per heavy atom. The van der Waals surface area contributed by atoms with Crippen LogP contribution in [0, 0.1) is 0 Å². The van der Waals surface area contributed by atoms with Gasteiger partial charge in [-0.2, -0.15) is 0 Å². The number of carbonyl (C=O) groups excluding carboxylic acids is 2. The molecule has 1 aliphatic rings. The molecule has 3 N–H and O–H groups in total. The molecule has 37 heavy (non-hydrogen) atoms. The van der Waals surface area contributed by atoms with Gasteiger partial charge in [0, 0.05) is 18.7 Å². The van der Waals surface area contributed by atoms with Crippen LogP contribution in [-0.4, -0.2) is 45.8 Å². The van der Waals surface area contributed by atoms with Crippen LogP contribution in [-0.2, 0) is 16.9 Å². The molecule has 0 aliphatic carbocycles. The van der Waals surface area contributed by atoms with Crippen molar-refractivity contribution < 1.29 is 14.7 Å². The summed E-state index contributed by atoms with van der Waals surface area (Å²) in [6.07, 6.45) is 1.79. The van der Waals surface area contributed by atoms with E-state index in [1.165, 1.54) is 4.90 Å². The van der Waals surface area contributed by atoms with E-state index in [0.717, 1.165) is 29.5 Å². The smallest absolute Gasteiger partial charge is 0.261 e. The highest BCUT2D eigenvalue weighted by molar-refractivity contribution is 6.07. The van der Waals surface area contributed by atoms with Gasteiger partial charge in [0.05, 0.1) is 6.54 Å². The van der Waals surface area contributed by atoms with Crippen LogP contribution in [0.5, 0.6) is 5.75 Å². The lowest BCUT2D eigenvalue weighted by Gasteiger charge is -2.24. The minimum Gasteiger partial charge on any atom is -0.508 e. The fourth-order valence-corrected chi connectivity index (χ4v) is 4.75. The van der Waals surface area contributed by atoms with Gasteiger partial charge in [-0.25, -0.2) is 4.99 Å². The van der Waals surface area contributed by atoms with Crippen LogP contribution in [0.3, 0.4) is 0 Å². The highest BCUT2D eigenvalue weighted by Crippen LogP contribution is 2.35. The van der Waals surface area contributed by atoms with Crippen LogP contribution in [0.15, 0.2) is 77.8 Å². The molecule has 0 saturated heterocycles. The summed E-state index contributed by atoms with van der Waals surface area (Å²) in [6, 6.07) is 21.9. The minimum atomic E-state index is -1.18. The van der Waals surface area contributed by atoms with Crippen LogP contribution in [0.2, 0.25) is 0 Å². The summed E-state index contributed by atoms with van der Waals surface area (Å²) in [5.74, 6) is 0.0835.